The fourth-order valence-electron chi connectivity index (χ4n) is 3.46. The van der Waals surface area contributed by atoms with E-state index in [0.29, 0.717) is 29.5 Å². The van der Waals surface area contributed by atoms with Crippen LogP contribution in [-0.4, -0.2) is 43.7 Å². The Kier molecular flexibility index (Phi) is 5.38. The first kappa shape index (κ1) is 19.6. The third-order valence-corrected chi connectivity index (χ3v) is 5.21. The van der Waals surface area contributed by atoms with E-state index in [2.05, 4.69) is 22.2 Å². The van der Waals surface area contributed by atoms with E-state index in [4.69, 9.17) is 16.0 Å². The van der Waals surface area contributed by atoms with Crippen molar-refractivity contribution in [2.45, 2.75) is 31.3 Å². The summed E-state index contributed by atoms with van der Waals surface area (Å²) in [6, 6.07) is 4.41. The predicted molar refractivity (Wildman–Crippen MR) is 104 cm³/mol. The Morgan fingerprint density at radius 3 is 2.97 bits per heavy atom. The van der Waals surface area contributed by atoms with Crippen molar-refractivity contribution in [3.05, 3.63) is 72.1 Å². The lowest BCUT2D eigenvalue weighted by atomic mass is 10.1. The molecule has 0 amide bonds. The van der Waals surface area contributed by atoms with Crippen LogP contribution in [-0.2, 0) is 6.54 Å². The van der Waals surface area contributed by atoms with Crippen LogP contribution in [0, 0.1) is 12.8 Å². The Morgan fingerprint density at radius 2 is 2.28 bits per heavy atom. The number of anilines is 1. The van der Waals surface area contributed by atoms with Gasteiger partial charge in [0, 0.05) is 24.2 Å². The number of nitrogens with one attached hydrogen (secondary N) is 1. The normalized spacial score (nSPS) is 24.0. The van der Waals surface area contributed by atoms with Gasteiger partial charge in [-0.05, 0) is 49.1 Å². The van der Waals surface area contributed by atoms with Gasteiger partial charge in [-0.1, -0.05) is 0 Å². The molecular formula is C20H19ClFN4O3. The lowest BCUT2D eigenvalue weighted by molar-refractivity contribution is 0.0793. The number of carbonyl (C=O) groups excluding carboxylic acids is 1. The molecule has 0 bridgehead atoms. The number of alkyl halides is 1. The molecule has 1 aliphatic rings. The number of furan rings is 1. The summed E-state index contributed by atoms with van der Waals surface area (Å²) in [5.41, 5.74) is 0.652. The van der Waals surface area contributed by atoms with E-state index in [1.807, 2.05) is 0 Å². The summed E-state index contributed by atoms with van der Waals surface area (Å²) in [5, 5.41) is 13.0. The largest absolute Gasteiger partial charge is 0.448 e. The highest BCUT2D eigenvalue weighted by atomic mass is 35.5. The van der Waals surface area contributed by atoms with Gasteiger partial charge in [0.05, 0.1) is 24.3 Å². The lowest BCUT2D eigenvalue weighted by Crippen LogP contribution is -2.32. The van der Waals surface area contributed by atoms with Crippen molar-refractivity contribution < 1.29 is 18.7 Å². The Labute approximate surface area is 171 Å². The monoisotopic (exact) mass is 417 g/mol. The quantitative estimate of drug-likeness (QED) is 0.598. The van der Waals surface area contributed by atoms with Crippen LogP contribution in [0.4, 0.5) is 10.2 Å². The van der Waals surface area contributed by atoms with Gasteiger partial charge in [0.15, 0.2) is 11.0 Å². The Balaban J connectivity index is 1.52. The number of aromatic nitrogens is 3. The number of aliphatic hydroxyl groups excluding tert-OH is 1. The van der Waals surface area contributed by atoms with Crippen LogP contribution in [0.1, 0.15) is 28.1 Å². The number of ketones is 1. The fraction of sp³-hybridized carbons (Fsp3) is 0.300. The summed E-state index contributed by atoms with van der Waals surface area (Å²) in [4.78, 5) is 21.0. The molecule has 0 aromatic carbocycles. The average molecular weight is 418 g/mol. The molecule has 7 nitrogen and oxygen atoms in total. The van der Waals surface area contributed by atoms with Crippen molar-refractivity contribution in [2.75, 3.05) is 5.32 Å². The van der Waals surface area contributed by atoms with E-state index in [1.54, 1.807) is 35.2 Å². The van der Waals surface area contributed by atoms with E-state index >= 15 is 0 Å². The van der Waals surface area contributed by atoms with Gasteiger partial charge in [-0.3, -0.25) is 4.79 Å². The van der Waals surface area contributed by atoms with Crippen molar-refractivity contribution in [3.8, 4) is 0 Å². The molecule has 0 saturated heterocycles. The molecule has 9 heteroatoms. The number of nitrogens with zero attached hydrogens (tertiary/aromatic N) is 3. The van der Waals surface area contributed by atoms with Gasteiger partial charge in [0.1, 0.15) is 24.1 Å². The fourth-order valence-corrected chi connectivity index (χ4v) is 3.63. The van der Waals surface area contributed by atoms with E-state index < -0.39 is 24.2 Å². The van der Waals surface area contributed by atoms with Crippen LogP contribution >= 0.6 is 11.6 Å². The first-order valence-corrected chi connectivity index (χ1v) is 9.46. The number of carbonyl (C=O) groups is 1. The molecule has 151 valence electrons. The molecule has 29 heavy (non-hydrogen) atoms. The third-order valence-electron chi connectivity index (χ3n) is 5.01. The second-order valence-electron chi connectivity index (χ2n) is 7.07. The number of hydrogen-bond donors (Lipinski definition) is 2. The first-order valence-electron chi connectivity index (χ1n) is 9.09. The molecule has 0 aliphatic heterocycles. The molecule has 3 aromatic heterocycles. The van der Waals surface area contributed by atoms with E-state index in [-0.39, 0.29) is 17.2 Å². The van der Waals surface area contributed by atoms with Crippen LogP contribution < -0.4 is 5.32 Å². The molecule has 3 heterocycles. The summed E-state index contributed by atoms with van der Waals surface area (Å²) in [6.45, 7) is 4.18. The molecule has 0 unspecified atom stereocenters. The maximum Gasteiger partial charge on any atom is 0.199 e. The van der Waals surface area contributed by atoms with Gasteiger partial charge in [-0.15, -0.1) is 0 Å². The summed E-state index contributed by atoms with van der Waals surface area (Å²) >= 11 is 5.78. The summed E-state index contributed by atoms with van der Waals surface area (Å²) in [7, 11) is 0. The van der Waals surface area contributed by atoms with E-state index in [9.17, 15) is 14.3 Å². The standard InChI is InChI=1S/C20H19ClFN4O3/c1-11-6-15(17(22)18(11)27)25-20-14(7-23-10-24-20)19(28)12-4-5-26(8-12)9-13-2-3-16(21)29-13/h2-5,7-8,10-11,15,17-18,27H,1,6,9H2,(H,23,24,25)/t11-,15-,17-,18-/m1/s1. The van der Waals surface area contributed by atoms with Crippen LogP contribution in [0.5, 0.6) is 0 Å². The molecule has 1 radical (unpaired) electrons. The maximum atomic E-state index is 14.3. The highest BCUT2D eigenvalue weighted by Gasteiger charge is 2.41. The van der Waals surface area contributed by atoms with E-state index in [1.165, 1.54) is 12.5 Å². The Hall–Kier alpha value is -2.71. The SMILES string of the molecule is [CH2][C@@H]1C[C@@H](Nc2ncncc2C(=O)c2ccn(Cc3ccc(Cl)o3)c2)[C@@H](F)[C@@H]1O. The Bertz CT molecular complexity index is 1020. The van der Waals surface area contributed by atoms with Crippen molar-refractivity contribution >= 4 is 23.2 Å². The molecule has 0 spiro atoms. The number of halogens is 2. The van der Waals surface area contributed by atoms with Crippen molar-refractivity contribution in [2.24, 2.45) is 5.92 Å². The van der Waals surface area contributed by atoms with Gasteiger partial charge in [0.2, 0.25) is 0 Å². The molecule has 4 rings (SSSR count). The molecule has 1 saturated carbocycles. The van der Waals surface area contributed by atoms with Crippen LogP contribution in [0.2, 0.25) is 5.22 Å². The minimum Gasteiger partial charge on any atom is -0.448 e. The van der Waals surface area contributed by atoms with Crippen molar-refractivity contribution in [1.29, 1.82) is 0 Å². The summed E-state index contributed by atoms with van der Waals surface area (Å²) in [6.07, 6.45) is 3.81. The molecule has 1 fully saturated rings. The van der Waals surface area contributed by atoms with E-state index in [0.717, 1.165) is 0 Å². The molecule has 1 aliphatic carbocycles. The van der Waals surface area contributed by atoms with Crippen LogP contribution in [0.15, 0.2) is 47.5 Å². The lowest BCUT2D eigenvalue weighted by Gasteiger charge is -2.18. The molecule has 2 N–H and O–H groups in total. The van der Waals surface area contributed by atoms with Gasteiger partial charge < -0.3 is 19.4 Å². The smallest absolute Gasteiger partial charge is 0.199 e. The predicted octanol–water partition coefficient (Wildman–Crippen LogP) is 3.14. The zero-order valence-electron chi connectivity index (χ0n) is 15.3. The minimum absolute atomic E-state index is 0.223. The Morgan fingerprint density at radius 1 is 1.45 bits per heavy atom. The van der Waals surface area contributed by atoms with Gasteiger partial charge in [0.25, 0.3) is 0 Å². The highest BCUT2D eigenvalue weighted by molar-refractivity contribution is 6.28. The maximum absolute atomic E-state index is 14.3. The third kappa shape index (κ3) is 4.04. The summed E-state index contributed by atoms with van der Waals surface area (Å²) in [5.74, 6) is 0.160. The molecular weight excluding hydrogens is 399 g/mol. The summed E-state index contributed by atoms with van der Waals surface area (Å²) < 4.78 is 21.4. The average Bonchev–Trinajstić information content (AvgIpc) is 3.40. The number of rotatable bonds is 6. The first-order chi connectivity index (χ1) is 13.9. The second-order valence-corrected chi connectivity index (χ2v) is 7.45. The number of aliphatic hydroxyl groups is 1. The van der Waals surface area contributed by atoms with Gasteiger partial charge in [-0.2, -0.15) is 0 Å². The van der Waals surface area contributed by atoms with Crippen LogP contribution in [0.3, 0.4) is 0 Å². The van der Waals surface area contributed by atoms with Gasteiger partial charge >= 0.3 is 0 Å². The minimum atomic E-state index is -1.49. The topological polar surface area (TPSA) is 93.2 Å². The second kappa shape index (κ2) is 7.96. The zero-order chi connectivity index (χ0) is 20.5. The number of hydrogen-bond acceptors (Lipinski definition) is 6. The molecule has 3 aromatic rings. The highest BCUT2D eigenvalue weighted by Crippen LogP contribution is 2.31. The van der Waals surface area contributed by atoms with Gasteiger partial charge in [-0.25, -0.2) is 14.4 Å². The molecule has 4 atom stereocenters. The van der Waals surface area contributed by atoms with Crippen LogP contribution in [0.25, 0.3) is 0 Å². The van der Waals surface area contributed by atoms with Crippen molar-refractivity contribution in [3.63, 3.8) is 0 Å². The zero-order valence-corrected chi connectivity index (χ0v) is 16.1. The van der Waals surface area contributed by atoms with Crippen molar-refractivity contribution in [1.82, 2.24) is 14.5 Å².